The van der Waals surface area contributed by atoms with E-state index < -0.39 is 0 Å². The van der Waals surface area contributed by atoms with Crippen LogP contribution in [0.4, 0.5) is 5.69 Å². The molecule has 2 heterocycles. The molecule has 0 saturated heterocycles. The highest BCUT2D eigenvalue weighted by atomic mass is 16.7. The van der Waals surface area contributed by atoms with Crippen molar-refractivity contribution in [2.45, 2.75) is 46.3 Å². The number of aromatic nitrogens is 1. The molecule has 0 atom stereocenters. The van der Waals surface area contributed by atoms with Gasteiger partial charge >= 0.3 is 0 Å². The molecule has 0 aliphatic carbocycles. The van der Waals surface area contributed by atoms with Crippen LogP contribution < -0.4 is 26.4 Å². The molecule has 4 rings (SSSR count). The van der Waals surface area contributed by atoms with Gasteiger partial charge in [-0.2, -0.15) is 5.26 Å². The van der Waals surface area contributed by atoms with E-state index in [4.69, 9.17) is 9.83 Å². The van der Waals surface area contributed by atoms with Gasteiger partial charge in [0.15, 0.2) is 5.49 Å². The van der Waals surface area contributed by atoms with Crippen molar-refractivity contribution in [2.24, 2.45) is 4.99 Å². The number of benzene rings is 2. The summed E-state index contributed by atoms with van der Waals surface area (Å²) < 4.78 is 1.31. The number of pyridine rings is 1. The highest BCUT2D eigenvalue weighted by molar-refractivity contribution is 5.55. The molecule has 0 unspecified atom stereocenters. The fourth-order valence-corrected chi connectivity index (χ4v) is 4.04. The molecule has 0 amide bonds. The van der Waals surface area contributed by atoms with E-state index in [2.05, 4.69) is 25.2 Å². The van der Waals surface area contributed by atoms with Crippen molar-refractivity contribution >= 4 is 11.3 Å². The van der Waals surface area contributed by atoms with E-state index >= 15 is 0 Å². The minimum Gasteiger partial charge on any atom is -0.404 e. The second-order valence-electron chi connectivity index (χ2n) is 8.55. The predicted molar refractivity (Wildman–Crippen MR) is 133 cm³/mol. The Labute approximate surface area is 199 Å². The molecular weight excluding hydrogens is 424 g/mol. The molecule has 6 heteroatoms. The molecule has 3 aromatic rings. The fraction of sp³-hybridized carbons (Fsp3) is 0.250. The Hall–Kier alpha value is -4.11. The number of hydrogen-bond donors (Lipinski definition) is 1. The minimum atomic E-state index is -0.287. The van der Waals surface area contributed by atoms with Gasteiger partial charge in [0.2, 0.25) is 0 Å². The molecule has 0 fully saturated rings. The average Bonchev–Trinajstić information content (AvgIpc) is 2.92. The molecule has 0 radical (unpaired) electrons. The van der Waals surface area contributed by atoms with Crippen LogP contribution in [0.3, 0.4) is 0 Å². The van der Waals surface area contributed by atoms with E-state index in [1.165, 1.54) is 4.73 Å². The zero-order chi connectivity index (χ0) is 23.9. The van der Waals surface area contributed by atoms with E-state index in [9.17, 15) is 10.1 Å². The number of fused-ring (bicyclic) bond motifs is 1. The molecule has 172 valence electrons. The summed E-state index contributed by atoms with van der Waals surface area (Å²) in [6.45, 7) is 4.89. The number of nitrogens with one attached hydrogen (secondary N) is 1. The Morgan fingerprint density at radius 3 is 2.65 bits per heavy atom. The third-order valence-corrected chi connectivity index (χ3v) is 5.85. The summed E-state index contributed by atoms with van der Waals surface area (Å²) in [5, 5.41) is 13.5. The second-order valence-corrected chi connectivity index (χ2v) is 8.55. The van der Waals surface area contributed by atoms with Crippen LogP contribution in [0.1, 0.15) is 49.8 Å². The van der Waals surface area contributed by atoms with Crippen molar-refractivity contribution in [1.82, 2.24) is 4.73 Å². The van der Waals surface area contributed by atoms with E-state index in [1.807, 2.05) is 54.7 Å². The highest BCUT2D eigenvalue weighted by Gasteiger charge is 2.12. The number of rotatable bonds is 6. The van der Waals surface area contributed by atoms with Gasteiger partial charge in [0, 0.05) is 24.0 Å². The van der Waals surface area contributed by atoms with Gasteiger partial charge in [-0.05, 0) is 56.4 Å². The van der Waals surface area contributed by atoms with Crippen molar-refractivity contribution < 1.29 is 4.84 Å². The van der Waals surface area contributed by atoms with Gasteiger partial charge in [0.25, 0.3) is 5.56 Å². The van der Waals surface area contributed by atoms with Crippen LogP contribution in [0, 0.1) is 11.3 Å². The van der Waals surface area contributed by atoms with Crippen LogP contribution in [0.2, 0.25) is 0 Å². The van der Waals surface area contributed by atoms with Gasteiger partial charge in [-0.3, -0.25) is 4.79 Å². The Bertz CT molecular complexity index is 1430. The quantitative estimate of drug-likeness (QED) is 0.616. The topological polar surface area (TPSA) is 79.4 Å². The third kappa shape index (κ3) is 5.44. The van der Waals surface area contributed by atoms with Gasteiger partial charge in [-0.15, -0.1) is 4.73 Å². The van der Waals surface area contributed by atoms with Crippen LogP contribution in [0.25, 0.3) is 5.57 Å². The SMILES string of the molecule is C/C1=C/N=c2/c(c(NCc3cccc(C#N)c3)cc(=O)n2OCc2ccccc2)=C(/C)CCC1. The highest BCUT2D eigenvalue weighted by Crippen LogP contribution is 2.14. The summed E-state index contributed by atoms with van der Waals surface area (Å²) in [4.78, 5) is 23.9. The Balaban J connectivity index is 1.80. The fourth-order valence-electron chi connectivity index (χ4n) is 4.04. The summed E-state index contributed by atoms with van der Waals surface area (Å²) in [6.07, 6.45) is 4.69. The number of allylic oxidation sites excluding steroid dienone is 1. The minimum absolute atomic E-state index is 0.262. The molecule has 6 nitrogen and oxygen atoms in total. The number of anilines is 1. The van der Waals surface area contributed by atoms with Crippen LogP contribution in [0.15, 0.2) is 82.2 Å². The normalized spacial score (nSPS) is 17.4. The Morgan fingerprint density at radius 2 is 1.85 bits per heavy atom. The maximum atomic E-state index is 13.2. The lowest BCUT2D eigenvalue weighted by atomic mass is 10.0. The molecule has 1 aliphatic heterocycles. The van der Waals surface area contributed by atoms with Crippen molar-refractivity contribution in [3.63, 3.8) is 0 Å². The summed E-state index contributed by atoms with van der Waals surface area (Å²) in [5.41, 5.74) is 5.77. The maximum Gasteiger partial charge on any atom is 0.287 e. The molecule has 1 aliphatic rings. The zero-order valence-corrected chi connectivity index (χ0v) is 19.5. The van der Waals surface area contributed by atoms with Crippen molar-refractivity contribution in [3.05, 3.63) is 110 Å². The number of nitrogens with zero attached hydrogens (tertiary/aromatic N) is 3. The van der Waals surface area contributed by atoms with E-state index in [1.54, 1.807) is 12.1 Å². The summed E-state index contributed by atoms with van der Waals surface area (Å²) in [5.74, 6) is 0. The van der Waals surface area contributed by atoms with Gasteiger partial charge in [0.1, 0.15) is 6.61 Å². The lowest BCUT2D eigenvalue weighted by molar-refractivity contribution is 0.0799. The standard InChI is InChI=1S/C28H28N4O2/c1-20-8-6-9-21(2)27-25(30-18-24-13-7-12-23(14-24)16-29)15-26(33)32(28(27)31-17-20)34-19-22-10-4-3-5-11-22/h3-5,7,10-15,17,30H,6,8-9,18-19H2,1-2H3/b20-17-,27-21-,31-28-. The maximum absolute atomic E-state index is 13.2. The molecule has 34 heavy (non-hydrogen) atoms. The Morgan fingerprint density at radius 1 is 1.06 bits per heavy atom. The van der Waals surface area contributed by atoms with Crippen LogP contribution in [0.5, 0.6) is 0 Å². The molecule has 0 spiro atoms. The molecule has 1 N–H and O–H groups in total. The van der Waals surface area contributed by atoms with E-state index in [0.29, 0.717) is 17.6 Å². The first-order valence-corrected chi connectivity index (χ1v) is 11.4. The number of nitriles is 1. The van der Waals surface area contributed by atoms with Crippen molar-refractivity contribution in [1.29, 1.82) is 5.26 Å². The average molecular weight is 453 g/mol. The smallest absolute Gasteiger partial charge is 0.287 e. The lowest BCUT2D eigenvalue weighted by Gasteiger charge is -2.14. The molecule has 2 aromatic carbocycles. The summed E-state index contributed by atoms with van der Waals surface area (Å²) in [7, 11) is 0. The van der Waals surface area contributed by atoms with Crippen LogP contribution >= 0.6 is 0 Å². The van der Waals surface area contributed by atoms with Crippen LogP contribution in [-0.2, 0) is 13.2 Å². The van der Waals surface area contributed by atoms with E-state index in [0.717, 1.165) is 52.4 Å². The summed E-state index contributed by atoms with van der Waals surface area (Å²) >= 11 is 0. The Kier molecular flexibility index (Phi) is 7.24. The zero-order valence-electron chi connectivity index (χ0n) is 19.5. The van der Waals surface area contributed by atoms with Crippen LogP contribution in [-0.4, -0.2) is 4.73 Å². The van der Waals surface area contributed by atoms with Gasteiger partial charge in [-0.1, -0.05) is 53.6 Å². The van der Waals surface area contributed by atoms with E-state index in [-0.39, 0.29) is 12.2 Å². The molecule has 0 saturated carbocycles. The monoisotopic (exact) mass is 452 g/mol. The number of hydrogen-bond acceptors (Lipinski definition) is 5. The first-order chi connectivity index (χ1) is 16.5. The third-order valence-electron chi connectivity index (χ3n) is 5.85. The molecular formula is C28H28N4O2. The van der Waals surface area contributed by atoms with Crippen molar-refractivity contribution in [2.75, 3.05) is 5.32 Å². The first-order valence-electron chi connectivity index (χ1n) is 11.4. The van der Waals surface area contributed by atoms with Crippen molar-refractivity contribution in [3.8, 4) is 6.07 Å². The molecule has 0 bridgehead atoms. The van der Waals surface area contributed by atoms with Gasteiger partial charge in [0.05, 0.1) is 17.3 Å². The molecule has 1 aromatic heterocycles. The predicted octanol–water partition coefficient (Wildman–Crippen LogP) is 3.84. The summed E-state index contributed by atoms with van der Waals surface area (Å²) in [6, 6.07) is 20.9. The lowest BCUT2D eigenvalue weighted by Crippen LogP contribution is -2.48. The van der Waals surface area contributed by atoms with Gasteiger partial charge in [-0.25, -0.2) is 4.99 Å². The largest absolute Gasteiger partial charge is 0.404 e. The first kappa shape index (κ1) is 23.1. The van der Waals surface area contributed by atoms with Gasteiger partial charge < -0.3 is 10.2 Å². The second kappa shape index (κ2) is 10.7.